The highest BCUT2D eigenvalue weighted by atomic mass is 16.5. The molecular formula is C16H25NO2. The molecule has 0 amide bonds. The zero-order valence-electron chi connectivity index (χ0n) is 12.3. The maximum absolute atomic E-state index is 9.73. The number of hydrogen-bond acceptors (Lipinski definition) is 3. The van der Waals surface area contributed by atoms with Gasteiger partial charge in [0.1, 0.15) is 5.75 Å². The summed E-state index contributed by atoms with van der Waals surface area (Å²) in [6, 6.07) is 8.57. The lowest BCUT2D eigenvalue weighted by atomic mass is 9.64. The first-order valence-electron chi connectivity index (χ1n) is 7.06. The summed E-state index contributed by atoms with van der Waals surface area (Å²) in [5.74, 6) is 0.919. The first kappa shape index (κ1) is 14.4. The van der Waals surface area contributed by atoms with Crippen molar-refractivity contribution < 1.29 is 9.84 Å². The van der Waals surface area contributed by atoms with Crippen LogP contribution >= 0.6 is 0 Å². The Labute approximate surface area is 116 Å². The van der Waals surface area contributed by atoms with Gasteiger partial charge in [0.15, 0.2) is 0 Å². The van der Waals surface area contributed by atoms with E-state index in [0.717, 1.165) is 18.7 Å². The van der Waals surface area contributed by atoms with Crippen molar-refractivity contribution in [2.75, 3.05) is 0 Å². The normalized spacial score (nSPS) is 25.2. The van der Waals surface area contributed by atoms with Crippen LogP contribution in [-0.2, 0) is 6.54 Å². The lowest BCUT2D eigenvalue weighted by Gasteiger charge is -2.49. The second kappa shape index (κ2) is 5.51. The first-order chi connectivity index (χ1) is 8.89. The molecule has 2 atom stereocenters. The van der Waals surface area contributed by atoms with E-state index in [1.807, 2.05) is 26.0 Å². The van der Waals surface area contributed by atoms with Crippen molar-refractivity contribution in [1.82, 2.24) is 5.32 Å². The maximum Gasteiger partial charge on any atom is 0.120 e. The molecule has 106 valence electrons. The van der Waals surface area contributed by atoms with E-state index in [4.69, 9.17) is 4.74 Å². The van der Waals surface area contributed by atoms with E-state index >= 15 is 0 Å². The minimum absolute atomic E-state index is 0.0218. The summed E-state index contributed by atoms with van der Waals surface area (Å²) in [4.78, 5) is 0. The van der Waals surface area contributed by atoms with E-state index in [0.29, 0.717) is 6.04 Å². The molecule has 1 aliphatic rings. The highest BCUT2D eigenvalue weighted by molar-refractivity contribution is 5.28. The van der Waals surface area contributed by atoms with Gasteiger partial charge in [0, 0.05) is 18.0 Å². The maximum atomic E-state index is 9.73. The van der Waals surface area contributed by atoms with E-state index in [-0.39, 0.29) is 17.6 Å². The van der Waals surface area contributed by atoms with Crippen molar-refractivity contribution in [3.05, 3.63) is 29.8 Å². The molecule has 0 aromatic heterocycles. The van der Waals surface area contributed by atoms with Crippen molar-refractivity contribution in [1.29, 1.82) is 0 Å². The van der Waals surface area contributed by atoms with Gasteiger partial charge in [-0.25, -0.2) is 0 Å². The molecule has 0 spiro atoms. The van der Waals surface area contributed by atoms with Crippen molar-refractivity contribution in [3.63, 3.8) is 0 Å². The molecule has 0 saturated heterocycles. The Morgan fingerprint density at radius 1 is 1.42 bits per heavy atom. The zero-order valence-corrected chi connectivity index (χ0v) is 12.3. The van der Waals surface area contributed by atoms with Gasteiger partial charge in [-0.15, -0.1) is 0 Å². The molecule has 0 bridgehead atoms. The molecule has 1 fully saturated rings. The Bertz CT molecular complexity index is 429. The molecule has 1 aromatic carbocycles. The molecule has 19 heavy (non-hydrogen) atoms. The third-order valence-corrected chi connectivity index (χ3v) is 4.04. The predicted molar refractivity (Wildman–Crippen MR) is 77.2 cm³/mol. The lowest BCUT2D eigenvalue weighted by Crippen LogP contribution is -2.59. The number of aliphatic hydroxyl groups is 1. The highest BCUT2D eigenvalue weighted by Crippen LogP contribution is 2.40. The van der Waals surface area contributed by atoms with E-state index in [9.17, 15) is 5.11 Å². The summed E-state index contributed by atoms with van der Waals surface area (Å²) in [6.45, 7) is 9.09. The predicted octanol–water partition coefficient (Wildman–Crippen LogP) is 2.72. The van der Waals surface area contributed by atoms with Crippen LogP contribution in [0, 0.1) is 5.41 Å². The van der Waals surface area contributed by atoms with Gasteiger partial charge in [-0.1, -0.05) is 26.0 Å². The fourth-order valence-electron chi connectivity index (χ4n) is 2.49. The van der Waals surface area contributed by atoms with Gasteiger partial charge < -0.3 is 15.2 Å². The average molecular weight is 263 g/mol. The van der Waals surface area contributed by atoms with Crippen LogP contribution in [0.25, 0.3) is 0 Å². The fourth-order valence-corrected chi connectivity index (χ4v) is 2.49. The smallest absolute Gasteiger partial charge is 0.120 e. The molecule has 3 heteroatoms. The van der Waals surface area contributed by atoms with Gasteiger partial charge in [0.2, 0.25) is 0 Å². The molecule has 2 unspecified atom stereocenters. The molecule has 0 heterocycles. The van der Waals surface area contributed by atoms with E-state index < -0.39 is 0 Å². The Morgan fingerprint density at radius 3 is 2.74 bits per heavy atom. The number of ether oxygens (including phenoxy) is 1. The van der Waals surface area contributed by atoms with Crippen LogP contribution in [0.5, 0.6) is 5.75 Å². The summed E-state index contributed by atoms with van der Waals surface area (Å²) >= 11 is 0. The van der Waals surface area contributed by atoms with Crippen LogP contribution < -0.4 is 10.1 Å². The Kier molecular flexibility index (Phi) is 4.16. The van der Waals surface area contributed by atoms with Gasteiger partial charge in [-0.3, -0.25) is 0 Å². The van der Waals surface area contributed by atoms with Crippen molar-refractivity contribution >= 4 is 0 Å². The van der Waals surface area contributed by atoms with Crippen LogP contribution in [0.2, 0.25) is 0 Å². The molecule has 2 N–H and O–H groups in total. The molecule has 0 radical (unpaired) electrons. The number of benzene rings is 1. The van der Waals surface area contributed by atoms with Crippen LogP contribution in [0.1, 0.15) is 39.7 Å². The van der Waals surface area contributed by atoms with Crippen molar-refractivity contribution in [3.8, 4) is 5.75 Å². The summed E-state index contributed by atoms with van der Waals surface area (Å²) in [7, 11) is 0. The molecule has 1 aliphatic carbocycles. The second-order valence-electron chi connectivity index (χ2n) is 6.32. The van der Waals surface area contributed by atoms with E-state index in [1.165, 1.54) is 5.56 Å². The Hall–Kier alpha value is -1.06. The molecule has 1 saturated carbocycles. The minimum Gasteiger partial charge on any atom is -0.491 e. The summed E-state index contributed by atoms with van der Waals surface area (Å²) < 4.78 is 5.69. The Balaban J connectivity index is 1.90. The van der Waals surface area contributed by atoms with Crippen molar-refractivity contribution in [2.24, 2.45) is 5.41 Å². The molecule has 1 aromatic rings. The largest absolute Gasteiger partial charge is 0.491 e. The zero-order chi connectivity index (χ0) is 14.0. The SMILES string of the molecule is CC(C)Oc1cccc(CNC2CC(O)C2(C)C)c1. The number of aliphatic hydroxyl groups excluding tert-OH is 1. The number of rotatable bonds is 5. The minimum atomic E-state index is -0.180. The van der Waals surface area contributed by atoms with Crippen LogP contribution in [0.4, 0.5) is 0 Å². The van der Waals surface area contributed by atoms with Gasteiger partial charge in [-0.2, -0.15) is 0 Å². The van der Waals surface area contributed by atoms with Gasteiger partial charge >= 0.3 is 0 Å². The lowest BCUT2D eigenvalue weighted by molar-refractivity contribution is -0.0729. The molecule has 3 nitrogen and oxygen atoms in total. The number of hydrogen-bond donors (Lipinski definition) is 2. The van der Waals surface area contributed by atoms with Gasteiger partial charge in [0.25, 0.3) is 0 Å². The highest BCUT2D eigenvalue weighted by Gasteiger charge is 2.46. The van der Waals surface area contributed by atoms with E-state index in [2.05, 4.69) is 31.3 Å². The monoisotopic (exact) mass is 263 g/mol. The summed E-state index contributed by atoms with van der Waals surface area (Å²) in [6.07, 6.45) is 0.861. The third kappa shape index (κ3) is 3.28. The van der Waals surface area contributed by atoms with E-state index in [1.54, 1.807) is 0 Å². The first-order valence-corrected chi connectivity index (χ1v) is 7.06. The molecule has 2 rings (SSSR count). The van der Waals surface area contributed by atoms with Gasteiger partial charge in [-0.05, 0) is 38.0 Å². The quantitative estimate of drug-likeness (QED) is 0.858. The van der Waals surface area contributed by atoms with Crippen LogP contribution in [0.15, 0.2) is 24.3 Å². The third-order valence-electron chi connectivity index (χ3n) is 4.04. The number of nitrogens with one attached hydrogen (secondary N) is 1. The second-order valence-corrected chi connectivity index (χ2v) is 6.32. The summed E-state index contributed by atoms with van der Waals surface area (Å²) in [5, 5.41) is 13.2. The van der Waals surface area contributed by atoms with Crippen molar-refractivity contribution in [2.45, 2.75) is 58.9 Å². The summed E-state index contributed by atoms with van der Waals surface area (Å²) in [5.41, 5.74) is 1.20. The fraction of sp³-hybridized carbons (Fsp3) is 0.625. The average Bonchev–Trinajstić information content (AvgIpc) is 2.34. The standard InChI is InChI=1S/C16H25NO2/c1-11(2)19-13-7-5-6-12(8-13)10-17-14-9-15(18)16(14,3)4/h5-8,11,14-15,17-18H,9-10H2,1-4H3. The molecular weight excluding hydrogens is 238 g/mol. The Morgan fingerprint density at radius 2 is 2.16 bits per heavy atom. The van der Waals surface area contributed by atoms with Gasteiger partial charge in [0.05, 0.1) is 12.2 Å². The topological polar surface area (TPSA) is 41.5 Å². The van der Waals surface area contributed by atoms with Crippen LogP contribution in [-0.4, -0.2) is 23.4 Å². The van der Waals surface area contributed by atoms with Crippen LogP contribution in [0.3, 0.4) is 0 Å². The molecule has 0 aliphatic heterocycles.